The first-order chi connectivity index (χ1) is 15.5. The van der Waals surface area contributed by atoms with E-state index in [-0.39, 0.29) is 17.4 Å². The Morgan fingerprint density at radius 1 is 0.938 bits per heavy atom. The number of ketones is 1. The molecule has 1 aliphatic rings. The summed E-state index contributed by atoms with van der Waals surface area (Å²) in [4.78, 5) is 21.0. The number of piperazine rings is 1. The number of hydrogen-bond donors (Lipinski definition) is 1. The van der Waals surface area contributed by atoms with Crippen LogP contribution >= 0.6 is 0 Å². The lowest BCUT2D eigenvalue weighted by Gasteiger charge is -2.34. The molecule has 0 saturated carbocycles. The lowest BCUT2D eigenvalue weighted by molar-refractivity contribution is 0.0854. The average molecular weight is 437 g/mol. The molecule has 1 fully saturated rings. The van der Waals surface area contributed by atoms with Gasteiger partial charge >= 0.3 is 0 Å². The Labute approximate surface area is 186 Å². The van der Waals surface area contributed by atoms with E-state index in [9.17, 15) is 13.6 Å². The van der Waals surface area contributed by atoms with E-state index in [0.29, 0.717) is 41.2 Å². The van der Waals surface area contributed by atoms with Crippen molar-refractivity contribution in [2.24, 2.45) is 0 Å². The molecule has 0 aliphatic carbocycles. The highest BCUT2D eigenvalue weighted by molar-refractivity contribution is 5.97. The van der Waals surface area contributed by atoms with Crippen LogP contribution in [0.1, 0.15) is 15.9 Å². The fraction of sp³-hybridized carbons (Fsp3) is 0.280. The number of benzene rings is 2. The number of nitrogens with two attached hydrogens (primary N) is 1. The maximum atomic E-state index is 14.6. The molecule has 0 unspecified atom stereocenters. The standard InChI is InChI=1S/C25H26F2N4O/c26-21-8-6-19(7-9-21)24(32)17-31-14-12-30(13-15-31)11-10-18-4-5-20(16-22(18)27)23-2-1-3-25(28)29-23/h1-9,16H,10-15,17H2,(H2,28,29). The lowest BCUT2D eigenvalue weighted by Crippen LogP contribution is -2.48. The predicted molar refractivity (Wildman–Crippen MR) is 121 cm³/mol. The van der Waals surface area contributed by atoms with Gasteiger partial charge in [0.05, 0.1) is 12.2 Å². The van der Waals surface area contributed by atoms with Crippen LogP contribution in [0, 0.1) is 11.6 Å². The SMILES string of the molecule is Nc1cccc(-c2ccc(CCN3CCN(CC(=O)c4ccc(F)cc4)CC3)c(F)c2)n1. The number of halogens is 2. The van der Waals surface area contributed by atoms with Crippen LogP contribution in [-0.4, -0.2) is 59.8 Å². The van der Waals surface area contributed by atoms with E-state index in [4.69, 9.17) is 5.73 Å². The van der Waals surface area contributed by atoms with Gasteiger partial charge in [-0.2, -0.15) is 0 Å². The molecule has 0 amide bonds. The molecule has 1 aromatic heterocycles. The fourth-order valence-corrected chi connectivity index (χ4v) is 3.90. The van der Waals surface area contributed by atoms with E-state index in [2.05, 4.69) is 14.8 Å². The zero-order chi connectivity index (χ0) is 22.5. The van der Waals surface area contributed by atoms with Gasteiger partial charge in [-0.1, -0.05) is 18.2 Å². The number of nitrogen functional groups attached to an aromatic ring is 1. The van der Waals surface area contributed by atoms with E-state index in [1.54, 1.807) is 12.1 Å². The van der Waals surface area contributed by atoms with Crippen molar-refractivity contribution < 1.29 is 13.6 Å². The first-order valence-corrected chi connectivity index (χ1v) is 10.7. The molecule has 2 aromatic carbocycles. The highest BCUT2D eigenvalue weighted by Crippen LogP contribution is 2.21. The summed E-state index contributed by atoms with van der Waals surface area (Å²) in [5.41, 5.74) is 8.28. The topological polar surface area (TPSA) is 62.5 Å². The number of rotatable bonds is 7. The highest BCUT2D eigenvalue weighted by atomic mass is 19.1. The normalized spacial score (nSPS) is 15.1. The Morgan fingerprint density at radius 2 is 1.66 bits per heavy atom. The van der Waals surface area contributed by atoms with Crippen LogP contribution in [0.5, 0.6) is 0 Å². The van der Waals surface area contributed by atoms with Crippen molar-refractivity contribution in [3.63, 3.8) is 0 Å². The van der Waals surface area contributed by atoms with Gasteiger partial charge in [0.15, 0.2) is 5.78 Å². The molecule has 2 heterocycles. The first-order valence-electron chi connectivity index (χ1n) is 10.7. The van der Waals surface area contributed by atoms with Crippen LogP contribution in [-0.2, 0) is 6.42 Å². The lowest BCUT2D eigenvalue weighted by atomic mass is 10.1. The summed E-state index contributed by atoms with van der Waals surface area (Å²) < 4.78 is 27.7. The van der Waals surface area contributed by atoms with Gasteiger partial charge in [0.1, 0.15) is 17.5 Å². The zero-order valence-corrected chi connectivity index (χ0v) is 17.8. The zero-order valence-electron chi connectivity index (χ0n) is 17.8. The summed E-state index contributed by atoms with van der Waals surface area (Å²) in [7, 11) is 0. The van der Waals surface area contributed by atoms with Crippen LogP contribution in [0.2, 0.25) is 0 Å². The van der Waals surface area contributed by atoms with Crippen molar-refractivity contribution >= 4 is 11.6 Å². The molecule has 1 saturated heterocycles. The molecule has 5 nitrogen and oxygen atoms in total. The van der Waals surface area contributed by atoms with Crippen LogP contribution in [0.15, 0.2) is 60.7 Å². The third-order valence-electron chi connectivity index (χ3n) is 5.82. The van der Waals surface area contributed by atoms with Gasteiger partial charge in [-0.3, -0.25) is 9.69 Å². The van der Waals surface area contributed by atoms with Gasteiger partial charge in [0.25, 0.3) is 0 Å². The van der Waals surface area contributed by atoms with E-state index in [1.165, 1.54) is 30.3 Å². The van der Waals surface area contributed by atoms with Crippen molar-refractivity contribution in [2.45, 2.75) is 6.42 Å². The van der Waals surface area contributed by atoms with Crippen molar-refractivity contribution in [3.05, 3.63) is 83.4 Å². The molecule has 3 aromatic rings. The molecule has 32 heavy (non-hydrogen) atoms. The van der Waals surface area contributed by atoms with Crippen LogP contribution in [0.25, 0.3) is 11.3 Å². The second-order valence-electron chi connectivity index (χ2n) is 8.05. The molecule has 0 bridgehead atoms. The highest BCUT2D eigenvalue weighted by Gasteiger charge is 2.20. The van der Waals surface area contributed by atoms with Crippen molar-refractivity contribution in [1.82, 2.24) is 14.8 Å². The third kappa shape index (κ3) is 5.55. The predicted octanol–water partition coefficient (Wildman–Crippen LogP) is 3.65. The summed E-state index contributed by atoms with van der Waals surface area (Å²) in [6.07, 6.45) is 0.616. The van der Waals surface area contributed by atoms with Gasteiger partial charge in [-0.15, -0.1) is 0 Å². The number of Topliss-reactive ketones (excluding diaryl/α,β-unsaturated/α-hetero) is 1. The largest absolute Gasteiger partial charge is 0.384 e. The number of aromatic nitrogens is 1. The Balaban J connectivity index is 1.26. The maximum absolute atomic E-state index is 14.6. The van der Waals surface area contributed by atoms with Crippen molar-refractivity contribution in [3.8, 4) is 11.3 Å². The number of pyridine rings is 1. The Morgan fingerprint density at radius 3 is 2.34 bits per heavy atom. The molecule has 0 atom stereocenters. The quantitative estimate of drug-likeness (QED) is 0.573. The fourth-order valence-electron chi connectivity index (χ4n) is 3.90. The number of carbonyl (C=O) groups is 1. The average Bonchev–Trinajstić information content (AvgIpc) is 2.79. The molecular formula is C25H26F2N4O. The number of carbonyl (C=O) groups excluding carboxylic acids is 1. The van der Waals surface area contributed by atoms with E-state index < -0.39 is 0 Å². The van der Waals surface area contributed by atoms with E-state index in [0.717, 1.165) is 32.7 Å². The van der Waals surface area contributed by atoms with Gasteiger partial charge in [-0.05, 0) is 54.4 Å². The molecule has 0 spiro atoms. The van der Waals surface area contributed by atoms with Gasteiger partial charge in [0.2, 0.25) is 0 Å². The summed E-state index contributed by atoms with van der Waals surface area (Å²) >= 11 is 0. The summed E-state index contributed by atoms with van der Waals surface area (Å²) in [5, 5.41) is 0. The van der Waals surface area contributed by atoms with Crippen LogP contribution < -0.4 is 5.73 Å². The van der Waals surface area contributed by atoms with Crippen LogP contribution in [0.4, 0.5) is 14.6 Å². The van der Waals surface area contributed by atoms with Gasteiger partial charge in [0, 0.05) is 43.9 Å². The maximum Gasteiger partial charge on any atom is 0.176 e. The molecule has 166 valence electrons. The number of hydrogen-bond acceptors (Lipinski definition) is 5. The minimum Gasteiger partial charge on any atom is -0.384 e. The minimum absolute atomic E-state index is 0.00438. The van der Waals surface area contributed by atoms with Crippen molar-refractivity contribution in [1.29, 1.82) is 0 Å². The second-order valence-corrected chi connectivity index (χ2v) is 8.05. The smallest absolute Gasteiger partial charge is 0.176 e. The Bertz CT molecular complexity index is 1080. The Hall–Kier alpha value is -3.16. The van der Waals surface area contributed by atoms with Gasteiger partial charge < -0.3 is 10.6 Å². The summed E-state index contributed by atoms with van der Waals surface area (Å²) in [6, 6.07) is 16.2. The van der Waals surface area contributed by atoms with E-state index >= 15 is 0 Å². The molecule has 1 aliphatic heterocycles. The number of nitrogens with zero attached hydrogens (tertiary/aromatic N) is 3. The Kier molecular flexibility index (Phi) is 6.87. The molecule has 0 radical (unpaired) electrons. The van der Waals surface area contributed by atoms with Crippen LogP contribution in [0.3, 0.4) is 0 Å². The van der Waals surface area contributed by atoms with E-state index in [1.807, 2.05) is 18.2 Å². The molecule has 7 heteroatoms. The monoisotopic (exact) mass is 436 g/mol. The minimum atomic E-state index is -0.345. The molecular weight excluding hydrogens is 410 g/mol. The van der Waals surface area contributed by atoms with Crippen molar-refractivity contribution in [2.75, 3.05) is 45.0 Å². The molecule has 4 rings (SSSR count). The summed E-state index contributed by atoms with van der Waals surface area (Å²) in [5.74, 6) is -0.182. The third-order valence-corrected chi connectivity index (χ3v) is 5.82. The number of anilines is 1. The van der Waals surface area contributed by atoms with Gasteiger partial charge in [-0.25, -0.2) is 13.8 Å². The second kappa shape index (κ2) is 9.97. The first kappa shape index (κ1) is 22.0. The summed E-state index contributed by atoms with van der Waals surface area (Å²) in [6.45, 7) is 4.28. The molecule has 2 N–H and O–H groups in total.